The van der Waals surface area contributed by atoms with Gasteiger partial charge in [-0.2, -0.15) is 0 Å². The second-order valence-corrected chi connectivity index (χ2v) is 13.7. The molecule has 0 aromatic rings. The Kier molecular flexibility index (Phi) is 21.8. The fraction of sp³-hybridized carbons (Fsp3) is 0.933. The van der Waals surface area contributed by atoms with E-state index in [0.29, 0.717) is 5.41 Å². The van der Waals surface area contributed by atoms with E-state index in [1.807, 2.05) is 33.7 Å². The molecule has 3 fully saturated rings. The largest absolute Gasteiger partial charge is 0.450 e. The van der Waals surface area contributed by atoms with Crippen molar-refractivity contribution in [3.63, 3.8) is 0 Å². The fourth-order valence-electron chi connectivity index (χ4n) is 5.43. The van der Waals surface area contributed by atoms with E-state index in [1.165, 1.54) is 24.8 Å². The zero-order chi connectivity index (χ0) is 30.1. The number of hydrogen-bond donors (Lipinski definition) is 4. The first kappa shape index (κ1) is 40.0. The molecule has 0 amide bonds. The van der Waals surface area contributed by atoms with Crippen LogP contribution >= 0.6 is 0 Å². The third kappa shape index (κ3) is 19.0. The molecule has 8 heteroatoms. The summed E-state index contributed by atoms with van der Waals surface area (Å²) in [6.07, 6.45) is 11.8. The molecule has 0 aliphatic carbocycles. The van der Waals surface area contributed by atoms with Gasteiger partial charge in [0.15, 0.2) is 0 Å². The Morgan fingerprint density at radius 1 is 0.632 bits per heavy atom. The summed E-state index contributed by atoms with van der Waals surface area (Å²) < 4.78 is 0. The minimum Gasteiger partial charge on any atom is -0.450 e. The maximum Gasteiger partial charge on any atom is 0.316 e. The van der Waals surface area contributed by atoms with E-state index >= 15 is 0 Å². The van der Waals surface area contributed by atoms with Gasteiger partial charge in [0, 0.05) is 0 Å². The summed E-state index contributed by atoms with van der Waals surface area (Å²) in [5, 5.41) is 36.2. The number of allylic oxidation sites excluding steroid dienone is 1. The molecule has 1 unspecified atom stereocenters. The molecule has 4 N–H and O–H groups in total. The lowest BCUT2D eigenvalue weighted by Crippen LogP contribution is -2.18. The Morgan fingerprint density at radius 2 is 1.03 bits per heavy atom. The first-order valence-corrected chi connectivity index (χ1v) is 16.0. The van der Waals surface area contributed by atoms with Crippen molar-refractivity contribution >= 4 is 27.7 Å². The Morgan fingerprint density at radius 3 is 1.16 bits per heavy atom. The molecule has 222 valence electrons. The maximum atomic E-state index is 9.26. The van der Waals surface area contributed by atoms with Gasteiger partial charge in [0.05, 0.1) is 0 Å². The van der Waals surface area contributed by atoms with Crippen molar-refractivity contribution in [2.45, 2.75) is 153 Å². The van der Waals surface area contributed by atoms with Gasteiger partial charge in [-0.3, -0.25) is 0 Å². The van der Waals surface area contributed by atoms with Gasteiger partial charge in [0.2, 0.25) is 0 Å². The van der Waals surface area contributed by atoms with E-state index in [2.05, 4.69) is 55.4 Å². The molecule has 3 saturated heterocycles. The second-order valence-electron chi connectivity index (χ2n) is 13.7. The van der Waals surface area contributed by atoms with Crippen molar-refractivity contribution in [3.05, 3.63) is 11.5 Å². The van der Waals surface area contributed by atoms with E-state index in [-0.39, 0.29) is 33.1 Å². The molecule has 38 heavy (non-hydrogen) atoms. The van der Waals surface area contributed by atoms with Gasteiger partial charge < -0.3 is 20.1 Å². The predicted molar refractivity (Wildman–Crippen MR) is 176 cm³/mol. The zero-order valence-corrected chi connectivity index (χ0v) is 27.7. The normalized spacial score (nSPS) is 24.4. The van der Waals surface area contributed by atoms with Crippen molar-refractivity contribution in [3.8, 4) is 0 Å². The van der Waals surface area contributed by atoms with Crippen molar-refractivity contribution in [1.29, 1.82) is 0 Å². The Bertz CT molecular complexity index is 570. The molecule has 4 nitrogen and oxygen atoms in total. The van der Waals surface area contributed by atoms with Crippen molar-refractivity contribution in [1.82, 2.24) is 0 Å². The summed E-state index contributed by atoms with van der Waals surface area (Å²) in [4.78, 5) is 0. The van der Waals surface area contributed by atoms with Gasteiger partial charge in [-0.1, -0.05) is 114 Å². The highest BCUT2D eigenvalue weighted by molar-refractivity contribution is 6.57. The average molecular weight is 534 g/mol. The summed E-state index contributed by atoms with van der Waals surface area (Å²) in [6.45, 7) is 25.6. The van der Waals surface area contributed by atoms with E-state index in [1.54, 1.807) is 0 Å². The molecular formula is C30H66B4O4. The minimum atomic E-state index is -0.172. The lowest BCUT2D eigenvalue weighted by Gasteiger charge is -2.26. The van der Waals surface area contributed by atoms with Crippen LogP contribution in [0.25, 0.3) is 0 Å². The molecule has 0 saturated carbocycles. The first-order valence-electron chi connectivity index (χ1n) is 16.0. The van der Waals surface area contributed by atoms with Gasteiger partial charge in [-0.15, -0.1) is 0 Å². The van der Waals surface area contributed by atoms with Crippen LogP contribution in [-0.2, 0) is 0 Å². The smallest absolute Gasteiger partial charge is 0.316 e. The van der Waals surface area contributed by atoms with Crippen molar-refractivity contribution in [2.75, 3.05) is 0 Å². The lowest BCUT2D eigenvalue weighted by atomic mass is 9.64. The van der Waals surface area contributed by atoms with Crippen molar-refractivity contribution < 1.29 is 20.1 Å². The summed E-state index contributed by atoms with van der Waals surface area (Å²) >= 11 is 0. The summed E-state index contributed by atoms with van der Waals surface area (Å²) in [6, 6.07) is 0. The topological polar surface area (TPSA) is 80.9 Å². The monoisotopic (exact) mass is 535 g/mol. The zero-order valence-electron chi connectivity index (χ0n) is 27.7. The molecule has 0 bridgehead atoms. The summed E-state index contributed by atoms with van der Waals surface area (Å²) in [5.74, 6) is 4.28. The number of rotatable bonds is 0. The third-order valence-electron chi connectivity index (χ3n) is 8.03. The Hall–Kier alpha value is -0.160. The molecule has 0 aromatic heterocycles. The van der Waals surface area contributed by atoms with Crippen LogP contribution in [0.5, 0.6) is 0 Å². The van der Waals surface area contributed by atoms with E-state index in [9.17, 15) is 10.0 Å². The van der Waals surface area contributed by atoms with Crippen LogP contribution in [0.2, 0.25) is 44.2 Å². The number of hydrogen-bond acceptors (Lipinski definition) is 4. The summed E-state index contributed by atoms with van der Waals surface area (Å²) in [7, 11) is 0. The van der Waals surface area contributed by atoms with Crippen LogP contribution in [0, 0.1) is 28.6 Å². The van der Waals surface area contributed by atoms with E-state index < -0.39 is 0 Å². The quantitative estimate of drug-likeness (QED) is 0.238. The molecule has 0 aromatic carbocycles. The Balaban J connectivity index is 0. The van der Waals surface area contributed by atoms with Crippen LogP contribution in [0.3, 0.4) is 0 Å². The van der Waals surface area contributed by atoms with Gasteiger partial charge in [0.25, 0.3) is 20.7 Å². The highest BCUT2D eigenvalue weighted by atomic mass is 16.2. The van der Waals surface area contributed by atoms with Gasteiger partial charge >= 0.3 is 6.92 Å². The highest BCUT2D eigenvalue weighted by Gasteiger charge is 2.34. The highest BCUT2D eigenvalue weighted by Crippen LogP contribution is 2.39. The molecule has 4 heterocycles. The maximum absolute atomic E-state index is 9.26. The molecule has 0 spiro atoms. The first-order chi connectivity index (χ1) is 17.6. The van der Waals surface area contributed by atoms with Gasteiger partial charge in [-0.25, -0.2) is 0 Å². The van der Waals surface area contributed by atoms with E-state index in [4.69, 9.17) is 10.0 Å². The summed E-state index contributed by atoms with van der Waals surface area (Å²) in [5.41, 5.74) is 2.06. The van der Waals surface area contributed by atoms with Crippen LogP contribution in [0.15, 0.2) is 11.5 Å². The standard InChI is InChI=1S/C8H17BO.C8H15BO.2C5H11BO.2C2H6/c2*1-8(2,3)7-4-5-9(10)6-7;2*1-5-2-3-6(7)4-5;2*1-2/h7,10H,4-6H2,1-3H3;6,10H,4-5H2,1-3H3;2*5,7H,2-4H2,1H3;2*1-2H3/t;;2*5-;;/m..10../s1. The second kappa shape index (κ2) is 20.7. The van der Waals surface area contributed by atoms with Crippen LogP contribution in [-0.4, -0.2) is 47.8 Å². The molecule has 4 aliphatic heterocycles. The fourth-order valence-corrected chi connectivity index (χ4v) is 5.43. The van der Waals surface area contributed by atoms with Crippen LogP contribution < -0.4 is 0 Å². The molecular weight excluding hydrogens is 468 g/mol. The molecule has 0 radical (unpaired) electrons. The van der Waals surface area contributed by atoms with Gasteiger partial charge in [0.1, 0.15) is 0 Å². The lowest BCUT2D eigenvalue weighted by molar-refractivity contribution is 0.263. The average Bonchev–Trinajstić information content (AvgIpc) is 3.62. The SMILES string of the molecule is CC.CC.CC(C)(C)C1=CB(O)CC1.CC(C)(C)C1CCB(O)C1.C[C@@H]1CCB(O)C1.C[C@H]1CCB(O)C1. The van der Waals surface area contributed by atoms with Crippen LogP contribution in [0.1, 0.15) is 109 Å². The van der Waals surface area contributed by atoms with Crippen LogP contribution in [0.4, 0.5) is 0 Å². The minimum absolute atomic E-state index is 0.00998. The molecule has 4 aliphatic rings. The predicted octanol–water partition coefficient (Wildman–Crippen LogP) is 7.99. The van der Waals surface area contributed by atoms with Crippen molar-refractivity contribution in [2.24, 2.45) is 28.6 Å². The third-order valence-corrected chi connectivity index (χ3v) is 8.03. The van der Waals surface area contributed by atoms with E-state index in [0.717, 1.165) is 68.4 Å². The van der Waals surface area contributed by atoms with Gasteiger partial charge in [-0.05, 0) is 79.2 Å². The molecule has 4 rings (SSSR count). The molecule has 3 atom stereocenters. The Labute approximate surface area is 240 Å².